The SMILES string of the molecule is COc1ccc(C(=O)N(CC(C)(C)C)c2cc(C)ncn2)c(N2CCC(COc3cc(C(CC(=O)O)C4CC4)ccn3)CC2)c1. The number of aryl methyl sites for hydroxylation is 1. The first-order chi connectivity index (χ1) is 21.5. The second-order valence-electron chi connectivity index (χ2n) is 13.6. The second-order valence-corrected chi connectivity index (χ2v) is 13.6. The number of nitrogens with zero attached hydrogens (tertiary/aromatic N) is 5. The summed E-state index contributed by atoms with van der Waals surface area (Å²) in [5.41, 5.74) is 3.10. The minimum Gasteiger partial charge on any atom is -0.497 e. The summed E-state index contributed by atoms with van der Waals surface area (Å²) in [6, 6.07) is 11.3. The smallest absolute Gasteiger partial charge is 0.303 e. The van der Waals surface area contributed by atoms with Gasteiger partial charge in [0.1, 0.15) is 17.9 Å². The van der Waals surface area contributed by atoms with Crippen molar-refractivity contribution >= 4 is 23.4 Å². The molecule has 2 fully saturated rings. The van der Waals surface area contributed by atoms with Crippen LogP contribution in [0.15, 0.2) is 48.9 Å². The number of benzene rings is 1. The van der Waals surface area contributed by atoms with Gasteiger partial charge in [-0.3, -0.25) is 14.5 Å². The number of aromatic nitrogens is 3. The van der Waals surface area contributed by atoms with Crippen molar-refractivity contribution in [2.75, 3.05) is 43.2 Å². The van der Waals surface area contributed by atoms with Crippen molar-refractivity contribution < 1.29 is 24.2 Å². The summed E-state index contributed by atoms with van der Waals surface area (Å²) in [7, 11) is 1.64. The number of rotatable bonds is 12. The van der Waals surface area contributed by atoms with Crippen LogP contribution in [-0.2, 0) is 4.79 Å². The van der Waals surface area contributed by atoms with Crippen molar-refractivity contribution in [1.82, 2.24) is 15.0 Å². The number of amides is 1. The number of hydrogen-bond donors (Lipinski definition) is 1. The van der Waals surface area contributed by atoms with Crippen LogP contribution in [0.3, 0.4) is 0 Å². The van der Waals surface area contributed by atoms with Gasteiger partial charge in [-0.25, -0.2) is 15.0 Å². The molecule has 45 heavy (non-hydrogen) atoms. The van der Waals surface area contributed by atoms with E-state index in [1.165, 1.54) is 6.33 Å². The summed E-state index contributed by atoms with van der Waals surface area (Å²) in [6.07, 6.45) is 7.29. The number of pyridine rings is 1. The van der Waals surface area contributed by atoms with Crippen molar-refractivity contribution in [1.29, 1.82) is 0 Å². The number of carboxylic acids is 1. The average Bonchev–Trinajstić information content (AvgIpc) is 3.86. The van der Waals surface area contributed by atoms with Gasteiger partial charge < -0.3 is 19.5 Å². The number of carbonyl (C=O) groups excluding carboxylic acids is 1. The Kier molecular flexibility index (Phi) is 9.90. The molecule has 2 aromatic heterocycles. The molecule has 0 radical (unpaired) electrons. The third-order valence-corrected chi connectivity index (χ3v) is 8.57. The van der Waals surface area contributed by atoms with Gasteiger partial charge in [-0.05, 0) is 79.5 Å². The number of ether oxygens (including phenoxy) is 2. The van der Waals surface area contributed by atoms with E-state index in [9.17, 15) is 14.7 Å². The fourth-order valence-corrected chi connectivity index (χ4v) is 6.07. The first-order valence-corrected chi connectivity index (χ1v) is 15.8. The molecule has 10 nitrogen and oxygen atoms in total. The number of piperidine rings is 1. The molecule has 1 unspecified atom stereocenters. The van der Waals surface area contributed by atoms with Gasteiger partial charge in [0.05, 0.1) is 31.4 Å². The Morgan fingerprint density at radius 1 is 1.04 bits per heavy atom. The molecule has 1 N–H and O–H groups in total. The molecule has 1 aromatic carbocycles. The van der Waals surface area contributed by atoms with E-state index in [0.29, 0.717) is 48.0 Å². The topological polar surface area (TPSA) is 118 Å². The van der Waals surface area contributed by atoms with Gasteiger partial charge in [0.25, 0.3) is 5.91 Å². The third kappa shape index (κ3) is 8.49. The van der Waals surface area contributed by atoms with Crippen molar-refractivity contribution in [2.45, 2.75) is 65.7 Å². The molecular weight excluding hydrogens is 570 g/mol. The highest BCUT2D eigenvalue weighted by Gasteiger charge is 2.34. The Morgan fingerprint density at radius 2 is 1.80 bits per heavy atom. The molecule has 1 aliphatic heterocycles. The van der Waals surface area contributed by atoms with Crippen LogP contribution >= 0.6 is 0 Å². The zero-order valence-electron chi connectivity index (χ0n) is 27.0. The minimum absolute atomic E-state index is 0.00791. The molecule has 3 heterocycles. The highest BCUT2D eigenvalue weighted by Crippen LogP contribution is 2.45. The molecule has 3 aromatic rings. The van der Waals surface area contributed by atoms with Gasteiger partial charge in [-0.15, -0.1) is 0 Å². The first-order valence-electron chi connectivity index (χ1n) is 15.8. The van der Waals surface area contributed by atoms with E-state index in [4.69, 9.17) is 9.47 Å². The van der Waals surface area contributed by atoms with E-state index in [1.807, 2.05) is 43.3 Å². The zero-order chi connectivity index (χ0) is 32.1. The molecule has 5 rings (SSSR count). The van der Waals surface area contributed by atoms with E-state index in [1.54, 1.807) is 18.2 Å². The molecule has 1 saturated carbocycles. The average molecular weight is 616 g/mol. The van der Waals surface area contributed by atoms with Crippen molar-refractivity contribution in [2.24, 2.45) is 17.3 Å². The fraction of sp³-hybridized carbons (Fsp3) is 0.514. The van der Waals surface area contributed by atoms with Gasteiger partial charge in [0, 0.05) is 49.7 Å². The Labute approximate surface area is 265 Å². The normalized spacial score (nSPS) is 16.2. The lowest BCUT2D eigenvalue weighted by molar-refractivity contribution is -0.137. The maximum atomic E-state index is 14.2. The van der Waals surface area contributed by atoms with E-state index in [-0.39, 0.29) is 23.7 Å². The summed E-state index contributed by atoms with van der Waals surface area (Å²) < 4.78 is 11.7. The van der Waals surface area contributed by atoms with E-state index in [2.05, 4.69) is 40.6 Å². The Morgan fingerprint density at radius 3 is 2.44 bits per heavy atom. The van der Waals surface area contributed by atoms with Crippen molar-refractivity contribution in [3.8, 4) is 11.6 Å². The zero-order valence-corrected chi connectivity index (χ0v) is 27.0. The summed E-state index contributed by atoms with van der Waals surface area (Å²) in [5.74, 6) is 1.72. The summed E-state index contributed by atoms with van der Waals surface area (Å²) >= 11 is 0. The number of anilines is 2. The number of carbonyl (C=O) groups is 2. The minimum atomic E-state index is -0.773. The van der Waals surface area contributed by atoms with Crippen LogP contribution in [0.1, 0.15) is 80.4 Å². The fourth-order valence-electron chi connectivity index (χ4n) is 6.07. The number of aliphatic carboxylic acids is 1. The standard InChI is InChI=1S/C35H45N5O5/c1-23-16-31(38-22-37-23)40(21-35(2,3)4)34(43)28-9-8-27(44-5)18-30(28)39-14-11-24(12-15-39)20-45-32-17-26(10-13-36-32)29(19-33(41)42)25-6-7-25/h8-10,13,16-18,22,24-25,29H,6-7,11-12,14-15,19-21H2,1-5H3,(H,41,42). The molecule has 240 valence electrons. The summed E-state index contributed by atoms with van der Waals surface area (Å²) in [4.78, 5) is 42.8. The number of methoxy groups -OCH3 is 1. The van der Waals surface area contributed by atoms with Crippen LogP contribution in [0, 0.1) is 24.2 Å². The molecular formula is C35H45N5O5. The van der Waals surface area contributed by atoms with E-state index >= 15 is 0 Å². The predicted molar refractivity (Wildman–Crippen MR) is 173 cm³/mol. The van der Waals surface area contributed by atoms with Gasteiger partial charge in [-0.2, -0.15) is 0 Å². The van der Waals surface area contributed by atoms with Crippen LogP contribution in [0.25, 0.3) is 0 Å². The van der Waals surface area contributed by atoms with Gasteiger partial charge >= 0.3 is 5.97 Å². The number of carboxylic acid groups (broad SMARTS) is 1. The lowest BCUT2D eigenvalue weighted by Gasteiger charge is -2.36. The number of hydrogen-bond acceptors (Lipinski definition) is 8. The molecule has 1 amide bonds. The van der Waals surface area contributed by atoms with E-state index in [0.717, 1.165) is 55.7 Å². The Balaban J connectivity index is 1.28. The molecule has 10 heteroatoms. The van der Waals surface area contributed by atoms with Gasteiger partial charge in [0.15, 0.2) is 0 Å². The highest BCUT2D eigenvalue weighted by molar-refractivity contribution is 6.09. The molecule has 0 spiro atoms. The predicted octanol–water partition coefficient (Wildman–Crippen LogP) is 6.15. The van der Waals surface area contributed by atoms with Crippen LogP contribution in [0.4, 0.5) is 11.5 Å². The maximum Gasteiger partial charge on any atom is 0.303 e. The molecule has 1 aliphatic carbocycles. The lowest BCUT2D eigenvalue weighted by Crippen LogP contribution is -2.41. The van der Waals surface area contributed by atoms with Gasteiger partial charge in [-0.1, -0.05) is 20.8 Å². The quantitative estimate of drug-likeness (QED) is 0.256. The lowest BCUT2D eigenvalue weighted by atomic mass is 9.92. The van der Waals surface area contributed by atoms with E-state index < -0.39 is 5.97 Å². The monoisotopic (exact) mass is 615 g/mol. The molecule has 1 atom stereocenters. The Hall–Kier alpha value is -4.21. The maximum absolute atomic E-state index is 14.2. The third-order valence-electron chi connectivity index (χ3n) is 8.57. The molecule has 0 bridgehead atoms. The van der Waals surface area contributed by atoms with Crippen LogP contribution in [-0.4, -0.2) is 65.3 Å². The highest BCUT2D eigenvalue weighted by atomic mass is 16.5. The largest absolute Gasteiger partial charge is 0.497 e. The van der Waals surface area contributed by atoms with Crippen molar-refractivity contribution in [3.63, 3.8) is 0 Å². The second kappa shape index (κ2) is 13.8. The summed E-state index contributed by atoms with van der Waals surface area (Å²) in [5, 5.41) is 9.40. The molecule has 1 saturated heterocycles. The van der Waals surface area contributed by atoms with Gasteiger partial charge in [0.2, 0.25) is 5.88 Å². The van der Waals surface area contributed by atoms with Crippen LogP contribution < -0.4 is 19.3 Å². The van der Waals surface area contributed by atoms with Crippen LogP contribution in [0.2, 0.25) is 0 Å². The summed E-state index contributed by atoms with van der Waals surface area (Å²) in [6.45, 7) is 10.8. The van der Waals surface area contributed by atoms with Crippen molar-refractivity contribution in [3.05, 3.63) is 65.7 Å². The Bertz CT molecular complexity index is 1490. The van der Waals surface area contributed by atoms with Crippen LogP contribution in [0.5, 0.6) is 11.6 Å². The first kappa shape index (κ1) is 32.2. The molecule has 2 aliphatic rings.